The molecule has 0 amide bonds. The summed E-state index contributed by atoms with van der Waals surface area (Å²) < 4.78 is 0. The van der Waals surface area contributed by atoms with E-state index in [1.807, 2.05) is 0 Å². The summed E-state index contributed by atoms with van der Waals surface area (Å²) >= 11 is 0. The van der Waals surface area contributed by atoms with Crippen molar-refractivity contribution in [1.82, 2.24) is 0 Å². The molecule has 0 aromatic heterocycles. The fourth-order valence-electron chi connectivity index (χ4n) is 0.568. The zero-order valence-corrected chi connectivity index (χ0v) is 6.08. The topological polar surface area (TPSA) is 98.0 Å². The minimum Gasteiger partial charge on any atom is -0.391 e. The smallest absolute Gasteiger partial charge is 0.151 e. The largest absolute Gasteiger partial charge is 0.391 e. The third kappa shape index (κ3) is 3.77. The summed E-state index contributed by atoms with van der Waals surface area (Å²) in [5, 5.41) is 35.1. The SMILES string of the molecule is C.C[C@H](O)[C@H](O)[C@@H](O)[C@@H](O)C=O. The average Bonchev–Trinajstić information content (AvgIpc) is 2.00. The molecule has 4 atom stereocenters. The number of aliphatic hydroxyl groups excluding tert-OH is 4. The zero-order valence-electron chi connectivity index (χ0n) is 6.08. The van der Waals surface area contributed by atoms with Gasteiger partial charge in [0.05, 0.1) is 6.10 Å². The summed E-state index contributed by atoms with van der Waals surface area (Å²) in [5.41, 5.74) is 0. The van der Waals surface area contributed by atoms with E-state index >= 15 is 0 Å². The Hall–Kier alpha value is -0.490. The molecule has 0 aliphatic carbocycles. The van der Waals surface area contributed by atoms with Crippen LogP contribution in [0.2, 0.25) is 0 Å². The van der Waals surface area contributed by atoms with Crippen LogP contribution in [0, 0.1) is 0 Å². The molecule has 74 valence electrons. The van der Waals surface area contributed by atoms with E-state index in [1.165, 1.54) is 6.92 Å². The zero-order chi connectivity index (χ0) is 9.02. The maximum Gasteiger partial charge on any atom is 0.151 e. The molecule has 12 heavy (non-hydrogen) atoms. The Morgan fingerprint density at radius 1 is 1.08 bits per heavy atom. The first-order chi connectivity index (χ1) is 5.00. The highest BCUT2D eigenvalue weighted by Gasteiger charge is 2.27. The molecule has 0 fully saturated rings. The molecule has 0 rings (SSSR count). The Balaban J connectivity index is 0. The van der Waals surface area contributed by atoms with Gasteiger partial charge in [-0.25, -0.2) is 0 Å². The van der Waals surface area contributed by atoms with E-state index in [1.54, 1.807) is 0 Å². The van der Waals surface area contributed by atoms with Crippen LogP contribution in [0.3, 0.4) is 0 Å². The van der Waals surface area contributed by atoms with Crippen molar-refractivity contribution in [1.29, 1.82) is 0 Å². The van der Waals surface area contributed by atoms with Gasteiger partial charge in [0.15, 0.2) is 6.29 Å². The molecule has 5 heteroatoms. The van der Waals surface area contributed by atoms with Crippen LogP contribution in [0.1, 0.15) is 14.4 Å². The van der Waals surface area contributed by atoms with Crippen LogP contribution < -0.4 is 0 Å². The van der Waals surface area contributed by atoms with Crippen LogP contribution in [0.5, 0.6) is 0 Å². The van der Waals surface area contributed by atoms with E-state index in [4.69, 9.17) is 20.4 Å². The molecule has 0 aliphatic rings. The van der Waals surface area contributed by atoms with Crippen LogP contribution in [-0.2, 0) is 4.79 Å². The van der Waals surface area contributed by atoms with Crippen molar-refractivity contribution in [2.75, 3.05) is 0 Å². The van der Waals surface area contributed by atoms with E-state index in [0.717, 1.165) is 0 Å². The molecule has 0 saturated heterocycles. The van der Waals surface area contributed by atoms with Crippen LogP contribution in [0.25, 0.3) is 0 Å². The number of aliphatic hydroxyl groups is 4. The highest BCUT2D eigenvalue weighted by molar-refractivity contribution is 5.56. The van der Waals surface area contributed by atoms with E-state index < -0.39 is 24.4 Å². The van der Waals surface area contributed by atoms with Gasteiger partial charge in [-0.2, -0.15) is 0 Å². The van der Waals surface area contributed by atoms with Crippen LogP contribution in [0.4, 0.5) is 0 Å². The third-order valence-corrected chi connectivity index (χ3v) is 1.33. The van der Waals surface area contributed by atoms with Gasteiger partial charge in [-0.15, -0.1) is 0 Å². The van der Waals surface area contributed by atoms with Gasteiger partial charge < -0.3 is 25.2 Å². The van der Waals surface area contributed by atoms with E-state index in [9.17, 15) is 4.79 Å². The maximum atomic E-state index is 9.87. The quantitative estimate of drug-likeness (QED) is 0.386. The molecule has 0 saturated carbocycles. The van der Waals surface area contributed by atoms with Crippen molar-refractivity contribution < 1.29 is 25.2 Å². The first-order valence-corrected chi connectivity index (χ1v) is 3.18. The lowest BCUT2D eigenvalue weighted by molar-refractivity contribution is -0.132. The fraction of sp³-hybridized carbons (Fsp3) is 0.857. The lowest BCUT2D eigenvalue weighted by atomic mass is 10.1. The Morgan fingerprint density at radius 2 is 1.50 bits per heavy atom. The monoisotopic (exact) mass is 180 g/mol. The predicted molar refractivity (Wildman–Crippen MR) is 42.5 cm³/mol. The second-order valence-electron chi connectivity index (χ2n) is 2.35. The van der Waals surface area contributed by atoms with Gasteiger partial charge in [-0.1, -0.05) is 7.43 Å². The van der Waals surface area contributed by atoms with Crippen molar-refractivity contribution in [3.63, 3.8) is 0 Å². The summed E-state index contributed by atoms with van der Waals surface area (Å²) in [6, 6.07) is 0. The average molecular weight is 180 g/mol. The number of aldehydes is 1. The summed E-state index contributed by atoms with van der Waals surface area (Å²) in [4.78, 5) is 9.87. The number of hydrogen-bond acceptors (Lipinski definition) is 5. The molecule has 0 bridgehead atoms. The molecule has 0 aromatic carbocycles. The van der Waals surface area contributed by atoms with Gasteiger partial charge in [0.1, 0.15) is 18.3 Å². The standard InChI is InChI=1S/C6H12O5.CH4/c1-3(8)5(10)6(11)4(9)2-7;/h2-6,8-11H,1H3;1H4/t3-,4-,5-,6-;/m0./s1. The van der Waals surface area contributed by atoms with Gasteiger partial charge >= 0.3 is 0 Å². The summed E-state index contributed by atoms with van der Waals surface area (Å²) in [5.74, 6) is 0. The summed E-state index contributed by atoms with van der Waals surface area (Å²) in [6.07, 6.45) is -5.88. The normalized spacial score (nSPS) is 20.1. The molecule has 0 aliphatic heterocycles. The molecule has 4 N–H and O–H groups in total. The van der Waals surface area contributed by atoms with Crippen molar-refractivity contribution >= 4 is 6.29 Å². The maximum absolute atomic E-state index is 9.87. The minimum absolute atomic E-state index is 0. The van der Waals surface area contributed by atoms with Crippen molar-refractivity contribution in [3.05, 3.63) is 0 Å². The molecular formula is C7H16O5. The molecule has 0 radical (unpaired) electrons. The van der Waals surface area contributed by atoms with Gasteiger partial charge in [0, 0.05) is 0 Å². The second-order valence-corrected chi connectivity index (χ2v) is 2.35. The summed E-state index contributed by atoms with van der Waals surface area (Å²) in [6.45, 7) is 1.24. The van der Waals surface area contributed by atoms with E-state index in [2.05, 4.69) is 0 Å². The molecule has 5 nitrogen and oxygen atoms in total. The fourth-order valence-corrected chi connectivity index (χ4v) is 0.568. The van der Waals surface area contributed by atoms with Crippen molar-refractivity contribution in [2.24, 2.45) is 0 Å². The lowest BCUT2D eigenvalue weighted by Crippen LogP contribution is -2.43. The van der Waals surface area contributed by atoms with E-state index in [-0.39, 0.29) is 13.7 Å². The van der Waals surface area contributed by atoms with Crippen LogP contribution in [0.15, 0.2) is 0 Å². The molecule has 0 heterocycles. The molecule has 0 spiro atoms. The first-order valence-electron chi connectivity index (χ1n) is 3.18. The molecular weight excluding hydrogens is 164 g/mol. The van der Waals surface area contributed by atoms with Gasteiger partial charge in [-0.05, 0) is 6.92 Å². The summed E-state index contributed by atoms with van der Waals surface area (Å²) in [7, 11) is 0. The first kappa shape index (κ1) is 14.1. The lowest BCUT2D eigenvalue weighted by Gasteiger charge is -2.21. The highest BCUT2D eigenvalue weighted by Crippen LogP contribution is 2.02. The Labute approximate surface area is 71.3 Å². The Kier molecular flexibility index (Phi) is 7.12. The molecule has 0 unspecified atom stereocenters. The third-order valence-electron chi connectivity index (χ3n) is 1.33. The van der Waals surface area contributed by atoms with Crippen molar-refractivity contribution in [3.8, 4) is 0 Å². The Morgan fingerprint density at radius 3 is 1.75 bits per heavy atom. The molecule has 0 aromatic rings. The Bertz CT molecular complexity index is 125. The predicted octanol–water partition coefficient (Wildman–Crippen LogP) is -1.72. The van der Waals surface area contributed by atoms with Crippen LogP contribution >= 0.6 is 0 Å². The number of carbonyl (C=O) groups is 1. The van der Waals surface area contributed by atoms with Crippen LogP contribution in [-0.4, -0.2) is 51.1 Å². The number of rotatable bonds is 4. The minimum atomic E-state index is -1.65. The highest BCUT2D eigenvalue weighted by atomic mass is 16.4. The van der Waals surface area contributed by atoms with Gasteiger partial charge in [0.25, 0.3) is 0 Å². The van der Waals surface area contributed by atoms with Gasteiger partial charge in [0.2, 0.25) is 0 Å². The number of carbonyl (C=O) groups excluding carboxylic acids is 1. The second kappa shape index (κ2) is 6.07. The van der Waals surface area contributed by atoms with Gasteiger partial charge in [-0.3, -0.25) is 0 Å². The van der Waals surface area contributed by atoms with E-state index in [0.29, 0.717) is 0 Å². The van der Waals surface area contributed by atoms with Crippen molar-refractivity contribution in [2.45, 2.75) is 38.8 Å². The number of hydrogen-bond donors (Lipinski definition) is 4.